The summed E-state index contributed by atoms with van der Waals surface area (Å²) in [6.45, 7) is 0.170. The summed E-state index contributed by atoms with van der Waals surface area (Å²) in [6, 6.07) is 14.5. The zero-order valence-corrected chi connectivity index (χ0v) is 17.8. The van der Waals surface area contributed by atoms with E-state index in [0.29, 0.717) is 27.1 Å². The van der Waals surface area contributed by atoms with Gasteiger partial charge in [0.2, 0.25) is 0 Å². The Labute approximate surface area is 187 Å². The molecule has 0 bridgehead atoms. The number of amidine groups is 1. The van der Waals surface area contributed by atoms with Crippen LogP contribution in [0.2, 0.25) is 0 Å². The van der Waals surface area contributed by atoms with Crippen molar-refractivity contribution < 1.29 is 23.4 Å². The SMILES string of the molecule is COc1cc(/C=C2\S/C(=N/N=C\c3ccccc3F)N(Cc3ccco3)C2=O)ccc1O. The minimum atomic E-state index is -0.416. The smallest absolute Gasteiger partial charge is 0.267 e. The number of thioether (sulfide) groups is 1. The van der Waals surface area contributed by atoms with Crippen LogP contribution in [0.25, 0.3) is 6.08 Å². The Hall–Kier alpha value is -3.85. The van der Waals surface area contributed by atoms with Crippen molar-refractivity contribution in [2.45, 2.75) is 6.54 Å². The van der Waals surface area contributed by atoms with Crippen molar-refractivity contribution in [3.8, 4) is 11.5 Å². The fourth-order valence-electron chi connectivity index (χ4n) is 2.94. The molecule has 0 unspecified atom stereocenters. The van der Waals surface area contributed by atoms with Crippen LogP contribution < -0.4 is 4.74 Å². The van der Waals surface area contributed by atoms with Crippen molar-refractivity contribution in [1.82, 2.24) is 4.90 Å². The summed E-state index contributed by atoms with van der Waals surface area (Å²) >= 11 is 1.14. The van der Waals surface area contributed by atoms with Gasteiger partial charge in [0.25, 0.3) is 5.91 Å². The molecule has 0 radical (unpaired) electrons. The van der Waals surface area contributed by atoms with Crippen molar-refractivity contribution in [1.29, 1.82) is 0 Å². The zero-order valence-electron chi connectivity index (χ0n) is 16.9. The third-order valence-corrected chi connectivity index (χ3v) is 5.53. The van der Waals surface area contributed by atoms with Crippen LogP contribution in [0.3, 0.4) is 0 Å². The molecule has 1 saturated heterocycles. The van der Waals surface area contributed by atoms with Gasteiger partial charge < -0.3 is 14.3 Å². The Bertz CT molecular complexity index is 1220. The van der Waals surface area contributed by atoms with Crippen LogP contribution in [0.15, 0.2) is 80.4 Å². The fourth-order valence-corrected chi connectivity index (χ4v) is 3.87. The van der Waals surface area contributed by atoms with Gasteiger partial charge in [0.05, 0.1) is 31.0 Å². The summed E-state index contributed by atoms with van der Waals surface area (Å²) in [7, 11) is 1.45. The molecule has 1 aromatic heterocycles. The largest absolute Gasteiger partial charge is 0.504 e. The summed E-state index contributed by atoms with van der Waals surface area (Å²) < 4.78 is 24.3. The molecule has 162 valence electrons. The minimum Gasteiger partial charge on any atom is -0.504 e. The number of phenolic OH excluding ortho intramolecular Hbond substituents is 1. The molecule has 1 amide bonds. The molecule has 2 heterocycles. The molecule has 1 aliphatic heterocycles. The Kier molecular flexibility index (Phi) is 6.37. The molecular weight excluding hydrogens is 433 g/mol. The Morgan fingerprint density at radius 3 is 2.81 bits per heavy atom. The molecule has 4 rings (SSSR count). The van der Waals surface area contributed by atoms with Gasteiger partial charge in [0.15, 0.2) is 16.7 Å². The number of furan rings is 1. The maximum Gasteiger partial charge on any atom is 0.267 e. The molecule has 1 N–H and O–H groups in total. The number of benzene rings is 2. The maximum absolute atomic E-state index is 13.8. The van der Waals surface area contributed by atoms with Crippen LogP contribution in [-0.2, 0) is 11.3 Å². The molecule has 0 spiro atoms. The third-order valence-electron chi connectivity index (χ3n) is 4.53. The number of rotatable bonds is 6. The highest BCUT2D eigenvalue weighted by Gasteiger charge is 2.34. The fraction of sp³-hybridized carbons (Fsp3) is 0.0870. The van der Waals surface area contributed by atoms with Crippen LogP contribution in [0.1, 0.15) is 16.9 Å². The van der Waals surface area contributed by atoms with Crippen LogP contribution in [0, 0.1) is 5.82 Å². The van der Waals surface area contributed by atoms with Gasteiger partial charge in [0.1, 0.15) is 11.6 Å². The van der Waals surface area contributed by atoms with Crippen molar-refractivity contribution in [2.24, 2.45) is 10.2 Å². The van der Waals surface area contributed by atoms with Gasteiger partial charge in [-0.25, -0.2) is 4.39 Å². The number of ether oxygens (including phenoxy) is 1. The highest BCUT2D eigenvalue weighted by Crippen LogP contribution is 2.35. The van der Waals surface area contributed by atoms with Gasteiger partial charge in [-0.05, 0) is 53.7 Å². The second-order valence-electron chi connectivity index (χ2n) is 6.66. The summed E-state index contributed by atoms with van der Waals surface area (Å²) in [5.74, 6) is 0.186. The lowest BCUT2D eigenvalue weighted by Gasteiger charge is -2.12. The van der Waals surface area contributed by atoms with E-state index >= 15 is 0 Å². The van der Waals surface area contributed by atoms with E-state index in [1.165, 1.54) is 36.6 Å². The average molecular weight is 451 g/mol. The normalized spacial score (nSPS) is 16.6. The molecule has 0 saturated carbocycles. The van der Waals surface area contributed by atoms with E-state index in [1.807, 2.05) is 0 Å². The van der Waals surface area contributed by atoms with E-state index in [9.17, 15) is 14.3 Å². The lowest BCUT2D eigenvalue weighted by Crippen LogP contribution is -2.28. The second-order valence-corrected chi connectivity index (χ2v) is 7.67. The quantitative estimate of drug-likeness (QED) is 0.335. The van der Waals surface area contributed by atoms with Crippen LogP contribution >= 0.6 is 11.8 Å². The number of phenols is 1. The van der Waals surface area contributed by atoms with Gasteiger partial charge in [-0.15, -0.1) is 5.10 Å². The number of hydrogen-bond donors (Lipinski definition) is 1. The van der Waals surface area contributed by atoms with E-state index in [-0.39, 0.29) is 23.8 Å². The number of carbonyl (C=O) groups is 1. The standard InChI is InChI=1S/C23H18FN3O4S/c1-30-20-11-15(8-9-19(20)28)12-21-22(29)27(14-17-6-4-10-31-17)23(32-21)26-25-13-16-5-2-3-7-18(16)24/h2-13,28H,14H2,1H3/b21-12-,25-13-,26-23+. The van der Waals surface area contributed by atoms with Gasteiger partial charge >= 0.3 is 0 Å². The number of amides is 1. The first-order valence-corrected chi connectivity index (χ1v) is 10.3. The maximum atomic E-state index is 13.8. The number of halogens is 1. The number of aromatic hydroxyl groups is 1. The zero-order chi connectivity index (χ0) is 22.5. The summed E-state index contributed by atoms with van der Waals surface area (Å²) in [4.78, 5) is 14.9. The predicted octanol–water partition coefficient (Wildman–Crippen LogP) is 4.64. The number of hydrogen-bond acceptors (Lipinski definition) is 7. The monoisotopic (exact) mass is 451 g/mol. The average Bonchev–Trinajstić information content (AvgIpc) is 3.41. The van der Waals surface area contributed by atoms with E-state index in [0.717, 1.165) is 11.8 Å². The molecule has 2 aromatic carbocycles. The molecule has 1 aliphatic rings. The summed E-state index contributed by atoms with van der Waals surface area (Å²) in [5, 5.41) is 18.2. The van der Waals surface area contributed by atoms with Crippen molar-refractivity contribution in [3.05, 3.63) is 88.5 Å². The molecule has 1 fully saturated rings. The summed E-state index contributed by atoms with van der Waals surface area (Å²) in [6.07, 6.45) is 4.49. The van der Waals surface area contributed by atoms with Crippen molar-refractivity contribution >= 4 is 35.1 Å². The van der Waals surface area contributed by atoms with Gasteiger partial charge in [-0.1, -0.05) is 24.3 Å². The van der Waals surface area contributed by atoms with Crippen LogP contribution in [-0.4, -0.2) is 34.4 Å². The Balaban J connectivity index is 1.64. The Morgan fingerprint density at radius 1 is 1.22 bits per heavy atom. The Morgan fingerprint density at radius 2 is 2.06 bits per heavy atom. The predicted molar refractivity (Wildman–Crippen MR) is 121 cm³/mol. The topological polar surface area (TPSA) is 87.6 Å². The van der Waals surface area contributed by atoms with Crippen molar-refractivity contribution in [3.63, 3.8) is 0 Å². The first-order chi connectivity index (χ1) is 15.5. The molecular formula is C23H18FN3O4S. The highest BCUT2D eigenvalue weighted by molar-refractivity contribution is 8.18. The number of methoxy groups -OCH3 is 1. The molecule has 7 nitrogen and oxygen atoms in total. The van der Waals surface area contributed by atoms with E-state index < -0.39 is 5.82 Å². The summed E-state index contributed by atoms with van der Waals surface area (Å²) in [5.41, 5.74) is 0.959. The van der Waals surface area contributed by atoms with E-state index in [1.54, 1.807) is 48.5 Å². The van der Waals surface area contributed by atoms with Gasteiger partial charge in [0, 0.05) is 5.56 Å². The third kappa shape index (κ3) is 4.73. The second kappa shape index (κ2) is 9.52. The van der Waals surface area contributed by atoms with E-state index in [2.05, 4.69) is 10.2 Å². The lowest BCUT2D eigenvalue weighted by atomic mass is 10.2. The minimum absolute atomic E-state index is 0.00392. The van der Waals surface area contributed by atoms with E-state index in [4.69, 9.17) is 9.15 Å². The van der Waals surface area contributed by atoms with Crippen LogP contribution in [0.4, 0.5) is 4.39 Å². The first-order valence-electron chi connectivity index (χ1n) is 9.51. The molecule has 32 heavy (non-hydrogen) atoms. The highest BCUT2D eigenvalue weighted by atomic mass is 32.2. The number of nitrogens with zero attached hydrogens (tertiary/aromatic N) is 3. The number of carbonyl (C=O) groups excluding carboxylic acids is 1. The molecule has 9 heteroatoms. The van der Waals surface area contributed by atoms with Crippen molar-refractivity contribution in [2.75, 3.05) is 7.11 Å². The van der Waals surface area contributed by atoms with Gasteiger partial charge in [-0.2, -0.15) is 5.10 Å². The molecule has 0 atom stereocenters. The molecule has 3 aromatic rings. The first kappa shape index (κ1) is 21.4. The van der Waals surface area contributed by atoms with Gasteiger partial charge in [-0.3, -0.25) is 9.69 Å². The van der Waals surface area contributed by atoms with Crippen LogP contribution in [0.5, 0.6) is 11.5 Å². The lowest BCUT2D eigenvalue weighted by molar-refractivity contribution is -0.122. The molecule has 0 aliphatic carbocycles.